The van der Waals surface area contributed by atoms with Crippen LogP contribution in [0.1, 0.15) is 6.42 Å². The van der Waals surface area contributed by atoms with Crippen molar-refractivity contribution < 1.29 is 4.92 Å². The van der Waals surface area contributed by atoms with Crippen LogP contribution in [0.4, 0.5) is 17.3 Å². The lowest BCUT2D eigenvalue weighted by molar-refractivity contribution is -0.383. The van der Waals surface area contributed by atoms with Gasteiger partial charge in [-0.05, 0) is 6.42 Å². The molecule has 9 heteroatoms. The van der Waals surface area contributed by atoms with E-state index in [0.717, 1.165) is 13.0 Å². The standard InChI is InChI=1S/C10H13N7O2/c11-9-8(17(18)19)10(15-6-14-9)13-2-1-4-16-5-3-12-7-16/h3,5-7H,1-2,4H2,(H3,11,13,14,15). The molecular formula is C10H13N7O2. The van der Waals surface area contributed by atoms with Crippen LogP contribution < -0.4 is 11.1 Å². The molecule has 9 nitrogen and oxygen atoms in total. The first kappa shape index (κ1) is 12.7. The molecule has 0 bridgehead atoms. The predicted octanol–water partition coefficient (Wildman–Crippen LogP) is 0.666. The highest BCUT2D eigenvalue weighted by Gasteiger charge is 2.20. The highest BCUT2D eigenvalue weighted by atomic mass is 16.6. The second kappa shape index (κ2) is 5.76. The summed E-state index contributed by atoms with van der Waals surface area (Å²) in [6.45, 7) is 1.30. The summed E-state index contributed by atoms with van der Waals surface area (Å²) in [7, 11) is 0. The third kappa shape index (κ3) is 3.15. The minimum Gasteiger partial charge on any atom is -0.378 e. The Morgan fingerprint density at radius 2 is 2.32 bits per heavy atom. The van der Waals surface area contributed by atoms with Crippen LogP contribution in [0.3, 0.4) is 0 Å². The lowest BCUT2D eigenvalue weighted by Gasteiger charge is -2.07. The number of nitrogens with one attached hydrogen (secondary N) is 1. The molecule has 0 radical (unpaired) electrons. The first-order valence-electron chi connectivity index (χ1n) is 5.63. The molecule has 0 amide bonds. The van der Waals surface area contributed by atoms with E-state index < -0.39 is 4.92 Å². The van der Waals surface area contributed by atoms with Crippen LogP contribution in [0.25, 0.3) is 0 Å². The van der Waals surface area contributed by atoms with E-state index >= 15 is 0 Å². The third-order valence-electron chi connectivity index (χ3n) is 2.48. The summed E-state index contributed by atoms with van der Waals surface area (Å²) in [4.78, 5) is 21.6. The van der Waals surface area contributed by atoms with Gasteiger partial charge in [-0.2, -0.15) is 0 Å². The number of nitro groups is 1. The molecule has 0 aliphatic rings. The van der Waals surface area contributed by atoms with E-state index in [4.69, 9.17) is 5.73 Å². The third-order valence-corrected chi connectivity index (χ3v) is 2.48. The second-order valence-corrected chi connectivity index (χ2v) is 3.79. The molecule has 0 spiro atoms. The number of aryl methyl sites for hydroxylation is 1. The lowest BCUT2D eigenvalue weighted by Crippen LogP contribution is -2.10. The Labute approximate surface area is 108 Å². The summed E-state index contributed by atoms with van der Waals surface area (Å²) in [5.74, 6) is 0.000223. The van der Waals surface area contributed by atoms with Gasteiger partial charge in [-0.1, -0.05) is 0 Å². The quantitative estimate of drug-likeness (QED) is 0.445. The Hall–Kier alpha value is -2.71. The van der Waals surface area contributed by atoms with Crippen molar-refractivity contribution in [2.24, 2.45) is 0 Å². The summed E-state index contributed by atoms with van der Waals surface area (Å²) in [6, 6.07) is 0. The maximum atomic E-state index is 10.9. The lowest BCUT2D eigenvalue weighted by atomic mass is 10.4. The summed E-state index contributed by atoms with van der Waals surface area (Å²) < 4.78 is 1.92. The molecular weight excluding hydrogens is 250 g/mol. The van der Waals surface area contributed by atoms with Crippen molar-refractivity contribution >= 4 is 17.3 Å². The van der Waals surface area contributed by atoms with E-state index in [0.29, 0.717) is 6.54 Å². The van der Waals surface area contributed by atoms with Gasteiger partial charge >= 0.3 is 5.69 Å². The van der Waals surface area contributed by atoms with Crippen LogP contribution in [0.5, 0.6) is 0 Å². The van der Waals surface area contributed by atoms with Crippen molar-refractivity contribution in [2.75, 3.05) is 17.6 Å². The minimum atomic E-state index is -0.590. The number of hydrogen-bond acceptors (Lipinski definition) is 7. The number of nitrogen functional groups attached to an aromatic ring is 1. The fourth-order valence-corrected chi connectivity index (χ4v) is 1.59. The van der Waals surface area contributed by atoms with Gasteiger partial charge in [0.15, 0.2) is 0 Å². The first-order chi connectivity index (χ1) is 9.18. The Morgan fingerprint density at radius 1 is 1.47 bits per heavy atom. The molecule has 3 N–H and O–H groups in total. The number of nitrogens with two attached hydrogens (primary N) is 1. The molecule has 2 rings (SSSR count). The fraction of sp³-hybridized carbons (Fsp3) is 0.300. The van der Waals surface area contributed by atoms with E-state index in [9.17, 15) is 10.1 Å². The van der Waals surface area contributed by atoms with Crippen LogP contribution in [0.2, 0.25) is 0 Å². The van der Waals surface area contributed by atoms with Crippen molar-refractivity contribution in [1.29, 1.82) is 0 Å². The number of nitrogens with zero attached hydrogens (tertiary/aromatic N) is 5. The maximum absolute atomic E-state index is 10.9. The molecule has 0 unspecified atom stereocenters. The molecule has 0 aromatic carbocycles. The van der Waals surface area contributed by atoms with E-state index in [1.807, 2.05) is 10.8 Å². The van der Waals surface area contributed by atoms with Crippen LogP contribution in [-0.4, -0.2) is 31.0 Å². The zero-order valence-electron chi connectivity index (χ0n) is 10.1. The predicted molar refractivity (Wildman–Crippen MR) is 68.4 cm³/mol. The van der Waals surface area contributed by atoms with Crippen molar-refractivity contribution in [3.05, 3.63) is 35.2 Å². The molecule has 100 valence electrons. The molecule has 2 aromatic heterocycles. The average Bonchev–Trinajstić information content (AvgIpc) is 2.87. The molecule has 0 aliphatic carbocycles. The van der Waals surface area contributed by atoms with Crippen LogP contribution in [0, 0.1) is 10.1 Å². The van der Waals surface area contributed by atoms with Crippen molar-refractivity contribution in [3.63, 3.8) is 0 Å². The SMILES string of the molecule is Nc1ncnc(NCCCn2ccnc2)c1[N+](=O)[O-]. The Morgan fingerprint density at radius 3 is 3.00 bits per heavy atom. The molecule has 0 atom stereocenters. The first-order valence-corrected chi connectivity index (χ1v) is 5.63. The normalized spacial score (nSPS) is 10.3. The number of rotatable bonds is 6. The van der Waals surface area contributed by atoms with Gasteiger partial charge in [-0.3, -0.25) is 10.1 Å². The zero-order valence-corrected chi connectivity index (χ0v) is 10.1. The summed E-state index contributed by atoms with van der Waals surface area (Å²) in [6.07, 6.45) is 7.23. The highest BCUT2D eigenvalue weighted by Crippen LogP contribution is 2.25. The van der Waals surface area contributed by atoms with E-state index in [2.05, 4.69) is 20.3 Å². The Balaban J connectivity index is 1.92. The molecule has 0 saturated heterocycles. The summed E-state index contributed by atoms with van der Waals surface area (Å²) in [5, 5.41) is 13.7. The van der Waals surface area contributed by atoms with Gasteiger partial charge in [-0.25, -0.2) is 15.0 Å². The molecule has 0 saturated carbocycles. The maximum Gasteiger partial charge on any atom is 0.352 e. The van der Waals surface area contributed by atoms with Gasteiger partial charge in [0.05, 0.1) is 11.3 Å². The van der Waals surface area contributed by atoms with E-state index in [-0.39, 0.29) is 17.3 Å². The smallest absolute Gasteiger partial charge is 0.352 e. The van der Waals surface area contributed by atoms with Gasteiger partial charge in [0, 0.05) is 25.5 Å². The number of imidazole rings is 1. The molecule has 0 fully saturated rings. The Kier molecular flexibility index (Phi) is 3.86. The highest BCUT2D eigenvalue weighted by molar-refractivity contribution is 5.67. The fourth-order valence-electron chi connectivity index (χ4n) is 1.59. The topological polar surface area (TPSA) is 125 Å². The zero-order chi connectivity index (χ0) is 13.7. The molecule has 2 aromatic rings. The second-order valence-electron chi connectivity index (χ2n) is 3.79. The van der Waals surface area contributed by atoms with Gasteiger partial charge < -0.3 is 15.6 Å². The van der Waals surface area contributed by atoms with Gasteiger partial charge in [-0.15, -0.1) is 0 Å². The van der Waals surface area contributed by atoms with E-state index in [1.54, 1.807) is 12.5 Å². The number of aromatic nitrogens is 4. The Bertz CT molecular complexity index is 555. The monoisotopic (exact) mass is 263 g/mol. The molecule has 2 heterocycles. The van der Waals surface area contributed by atoms with Crippen molar-refractivity contribution in [3.8, 4) is 0 Å². The van der Waals surface area contributed by atoms with Crippen molar-refractivity contribution in [1.82, 2.24) is 19.5 Å². The molecule has 19 heavy (non-hydrogen) atoms. The summed E-state index contributed by atoms with van der Waals surface area (Å²) >= 11 is 0. The van der Waals surface area contributed by atoms with Crippen LogP contribution in [-0.2, 0) is 6.54 Å². The van der Waals surface area contributed by atoms with Crippen LogP contribution >= 0.6 is 0 Å². The van der Waals surface area contributed by atoms with Crippen molar-refractivity contribution in [2.45, 2.75) is 13.0 Å². The number of hydrogen-bond donors (Lipinski definition) is 2. The van der Waals surface area contributed by atoms with Gasteiger partial charge in [0.2, 0.25) is 11.6 Å². The van der Waals surface area contributed by atoms with Crippen LogP contribution in [0.15, 0.2) is 25.0 Å². The molecule has 0 aliphatic heterocycles. The average molecular weight is 263 g/mol. The number of anilines is 2. The van der Waals surface area contributed by atoms with E-state index in [1.165, 1.54) is 6.33 Å². The minimum absolute atomic E-state index is 0.142. The van der Waals surface area contributed by atoms with Gasteiger partial charge in [0.1, 0.15) is 6.33 Å². The van der Waals surface area contributed by atoms with Gasteiger partial charge in [0.25, 0.3) is 0 Å². The largest absolute Gasteiger partial charge is 0.378 e. The summed E-state index contributed by atoms with van der Waals surface area (Å²) in [5.41, 5.74) is 5.17.